The molecule has 4 heteroatoms. The highest BCUT2D eigenvalue weighted by molar-refractivity contribution is 5.77. The fraction of sp³-hybridized carbons (Fsp3) is 0.909. The van der Waals surface area contributed by atoms with Crippen molar-refractivity contribution < 1.29 is 9.53 Å². The highest BCUT2D eigenvalue weighted by Crippen LogP contribution is 2.04. The third-order valence-corrected chi connectivity index (χ3v) is 2.89. The number of nitrogens with one attached hydrogen (secondary N) is 1. The van der Waals surface area contributed by atoms with E-state index in [2.05, 4.69) is 12.2 Å². The van der Waals surface area contributed by atoms with Crippen molar-refractivity contribution in [3.05, 3.63) is 0 Å². The van der Waals surface area contributed by atoms with Crippen LogP contribution in [0.2, 0.25) is 0 Å². The number of amides is 1. The van der Waals surface area contributed by atoms with Gasteiger partial charge in [0.05, 0.1) is 6.61 Å². The monoisotopic (exact) mass is 214 g/mol. The number of hydrogen-bond acceptors (Lipinski definition) is 3. The van der Waals surface area contributed by atoms with Gasteiger partial charge < -0.3 is 15.0 Å². The molecule has 4 nitrogen and oxygen atoms in total. The zero-order chi connectivity index (χ0) is 11.1. The number of morpholine rings is 1. The second-order valence-electron chi connectivity index (χ2n) is 4.12. The average molecular weight is 214 g/mol. The van der Waals surface area contributed by atoms with Crippen LogP contribution in [0.3, 0.4) is 0 Å². The molecule has 0 aromatic rings. The maximum absolute atomic E-state index is 11.4. The number of carbonyl (C=O) groups is 1. The average Bonchev–Trinajstić information content (AvgIpc) is 2.26. The zero-order valence-corrected chi connectivity index (χ0v) is 9.79. The van der Waals surface area contributed by atoms with Gasteiger partial charge in [0, 0.05) is 19.1 Å². The van der Waals surface area contributed by atoms with Crippen molar-refractivity contribution in [2.75, 3.05) is 33.4 Å². The van der Waals surface area contributed by atoms with Crippen molar-refractivity contribution in [2.45, 2.75) is 32.2 Å². The molecular formula is C11H22N2O2. The van der Waals surface area contributed by atoms with Crippen LogP contribution in [0.1, 0.15) is 26.2 Å². The first-order valence-corrected chi connectivity index (χ1v) is 5.77. The van der Waals surface area contributed by atoms with E-state index in [1.807, 2.05) is 11.9 Å². The number of carbonyl (C=O) groups excluding carboxylic acids is 1. The Morgan fingerprint density at radius 2 is 2.33 bits per heavy atom. The summed E-state index contributed by atoms with van der Waals surface area (Å²) in [5.74, 6) is 0.142. The molecule has 0 aromatic heterocycles. The fourth-order valence-corrected chi connectivity index (χ4v) is 1.68. The summed E-state index contributed by atoms with van der Waals surface area (Å²) in [7, 11) is 1.98. The molecule has 0 aromatic carbocycles. The van der Waals surface area contributed by atoms with E-state index in [0.717, 1.165) is 19.5 Å². The fourth-order valence-electron chi connectivity index (χ4n) is 1.68. The molecule has 1 amide bonds. The van der Waals surface area contributed by atoms with Crippen LogP contribution < -0.4 is 5.32 Å². The summed E-state index contributed by atoms with van der Waals surface area (Å²) in [5.41, 5.74) is 0. The van der Waals surface area contributed by atoms with Gasteiger partial charge >= 0.3 is 0 Å². The van der Waals surface area contributed by atoms with Crippen LogP contribution in [0.5, 0.6) is 0 Å². The second-order valence-corrected chi connectivity index (χ2v) is 4.12. The number of rotatable bonds is 6. The third kappa shape index (κ3) is 4.62. The van der Waals surface area contributed by atoms with Gasteiger partial charge in [0.1, 0.15) is 6.61 Å². The Hall–Kier alpha value is -0.610. The molecule has 1 aliphatic heterocycles. The molecular weight excluding hydrogens is 192 g/mol. The van der Waals surface area contributed by atoms with Crippen LogP contribution in [-0.2, 0) is 9.53 Å². The van der Waals surface area contributed by atoms with E-state index >= 15 is 0 Å². The lowest BCUT2D eigenvalue weighted by molar-refractivity contribution is -0.142. The molecule has 88 valence electrons. The van der Waals surface area contributed by atoms with Crippen molar-refractivity contribution in [1.82, 2.24) is 10.2 Å². The largest absolute Gasteiger partial charge is 0.370 e. The van der Waals surface area contributed by atoms with Crippen LogP contribution in [0.25, 0.3) is 0 Å². The predicted molar refractivity (Wildman–Crippen MR) is 59.8 cm³/mol. The quantitative estimate of drug-likeness (QED) is 0.659. The van der Waals surface area contributed by atoms with Gasteiger partial charge in [-0.1, -0.05) is 6.42 Å². The first-order valence-electron chi connectivity index (χ1n) is 5.77. The van der Waals surface area contributed by atoms with Crippen molar-refractivity contribution in [2.24, 2.45) is 0 Å². The Labute approximate surface area is 92.0 Å². The van der Waals surface area contributed by atoms with Crippen LogP contribution in [0.15, 0.2) is 0 Å². The topological polar surface area (TPSA) is 41.6 Å². The Kier molecular flexibility index (Phi) is 5.65. The number of hydrogen-bond donors (Lipinski definition) is 1. The van der Waals surface area contributed by atoms with Crippen LogP contribution in [0, 0.1) is 0 Å². The lowest BCUT2D eigenvalue weighted by Gasteiger charge is -2.26. The molecule has 15 heavy (non-hydrogen) atoms. The van der Waals surface area contributed by atoms with Gasteiger partial charge in [-0.05, 0) is 26.8 Å². The summed E-state index contributed by atoms with van der Waals surface area (Å²) in [5, 5.41) is 3.21. The molecule has 0 radical (unpaired) electrons. The maximum Gasteiger partial charge on any atom is 0.248 e. The van der Waals surface area contributed by atoms with Gasteiger partial charge in [0.25, 0.3) is 0 Å². The molecule has 1 unspecified atom stereocenters. The summed E-state index contributed by atoms with van der Waals surface area (Å²) in [6.07, 6.45) is 3.44. The van der Waals surface area contributed by atoms with Crippen molar-refractivity contribution >= 4 is 5.91 Å². The predicted octanol–water partition coefficient (Wildman–Crippen LogP) is 0.623. The molecule has 1 rings (SSSR count). The molecule has 0 aliphatic carbocycles. The molecule has 0 spiro atoms. The third-order valence-electron chi connectivity index (χ3n) is 2.89. The van der Waals surface area contributed by atoms with Gasteiger partial charge in [-0.2, -0.15) is 0 Å². The molecule has 0 saturated carbocycles. The minimum atomic E-state index is 0.142. The Balaban J connectivity index is 2.06. The van der Waals surface area contributed by atoms with Crippen molar-refractivity contribution in [3.63, 3.8) is 0 Å². The Morgan fingerprint density at radius 1 is 1.53 bits per heavy atom. The Bertz CT molecular complexity index is 197. The summed E-state index contributed by atoms with van der Waals surface area (Å²) < 4.78 is 5.07. The lowest BCUT2D eigenvalue weighted by Crippen LogP contribution is -2.42. The second kappa shape index (κ2) is 6.80. The van der Waals surface area contributed by atoms with Crippen LogP contribution >= 0.6 is 0 Å². The van der Waals surface area contributed by atoms with E-state index in [9.17, 15) is 4.79 Å². The van der Waals surface area contributed by atoms with Crippen LogP contribution in [-0.4, -0.2) is 50.2 Å². The molecule has 1 aliphatic rings. The number of ether oxygens (including phenoxy) is 1. The smallest absolute Gasteiger partial charge is 0.248 e. The zero-order valence-electron chi connectivity index (χ0n) is 9.79. The van der Waals surface area contributed by atoms with Gasteiger partial charge in [-0.15, -0.1) is 0 Å². The standard InChI is InChI=1S/C11H22N2O2/c1-10(12-2)5-3-4-6-13-7-8-15-9-11(13)14/h10,12H,3-9H2,1-2H3. The highest BCUT2D eigenvalue weighted by atomic mass is 16.5. The molecule has 1 heterocycles. The molecule has 1 atom stereocenters. The van der Waals surface area contributed by atoms with E-state index < -0.39 is 0 Å². The first kappa shape index (κ1) is 12.5. The van der Waals surface area contributed by atoms with Gasteiger partial charge in [-0.25, -0.2) is 0 Å². The first-order chi connectivity index (χ1) is 7.24. The van der Waals surface area contributed by atoms with E-state index in [1.165, 1.54) is 12.8 Å². The number of nitrogens with zero attached hydrogens (tertiary/aromatic N) is 1. The summed E-state index contributed by atoms with van der Waals surface area (Å²) >= 11 is 0. The lowest BCUT2D eigenvalue weighted by atomic mass is 10.1. The van der Waals surface area contributed by atoms with Crippen molar-refractivity contribution in [1.29, 1.82) is 0 Å². The SMILES string of the molecule is CNC(C)CCCCN1CCOCC1=O. The minimum Gasteiger partial charge on any atom is -0.370 e. The molecule has 1 fully saturated rings. The molecule has 0 bridgehead atoms. The highest BCUT2D eigenvalue weighted by Gasteiger charge is 2.17. The van der Waals surface area contributed by atoms with Crippen LogP contribution in [0.4, 0.5) is 0 Å². The van der Waals surface area contributed by atoms with E-state index in [0.29, 0.717) is 12.6 Å². The maximum atomic E-state index is 11.4. The number of unbranched alkanes of at least 4 members (excludes halogenated alkanes) is 1. The van der Waals surface area contributed by atoms with E-state index in [1.54, 1.807) is 0 Å². The van der Waals surface area contributed by atoms with Crippen molar-refractivity contribution in [3.8, 4) is 0 Å². The molecule has 1 N–H and O–H groups in total. The molecule has 1 saturated heterocycles. The van der Waals surface area contributed by atoms with Gasteiger partial charge in [0.2, 0.25) is 5.91 Å². The van der Waals surface area contributed by atoms with Gasteiger partial charge in [0.15, 0.2) is 0 Å². The normalized spacial score (nSPS) is 19.3. The summed E-state index contributed by atoms with van der Waals surface area (Å²) in [4.78, 5) is 13.3. The van der Waals surface area contributed by atoms with E-state index in [-0.39, 0.29) is 12.5 Å². The summed E-state index contributed by atoms with van der Waals surface area (Å²) in [6, 6.07) is 0.574. The minimum absolute atomic E-state index is 0.142. The van der Waals surface area contributed by atoms with Gasteiger partial charge in [-0.3, -0.25) is 4.79 Å². The summed E-state index contributed by atoms with van der Waals surface area (Å²) in [6.45, 7) is 4.80. The Morgan fingerprint density at radius 3 is 3.00 bits per heavy atom. The van der Waals surface area contributed by atoms with E-state index in [4.69, 9.17) is 4.74 Å².